The zero-order valence-electron chi connectivity index (χ0n) is 8.60. The van der Waals surface area contributed by atoms with Gasteiger partial charge < -0.3 is 9.84 Å². The number of ether oxygens (including phenoxy) is 1. The van der Waals surface area contributed by atoms with E-state index in [9.17, 15) is 8.78 Å². The first-order valence-corrected chi connectivity index (χ1v) is 4.73. The van der Waals surface area contributed by atoms with Crippen molar-refractivity contribution in [2.24, 2.45) is 0 Å². The van der Waals surface area contributed by atoms with E-state index in [-0.39, 0.29) is 18.4 Å². The fraction of sp³-hybridized carbons (Fsp3) is 0.0909. The molecule has 0 saturated carbocycles. The highest BCUT2D eigenvalue weighted by atomic mass is 19.2. The van der Waals surface area contributed by atoms with Gasteiger partial charge in [-0.2, -0.15) is 0 Å². The summed E-state index contributed by atoms with van der Waals surface area (Å²) in [7, 11) is 0. The molecule has 0 aliphatic rings. The predicted molar refractivity (Wildman–Crippen MR) is 54.4 cm³/mol. The van der Waals surface area contributed by atoms with Crippen molar-refractivity contribution in [3.8, 4) is 11.8 Å². The molecule has 1 aromatic carbocycles. The van der Waals surface area contributed by atoms with Crippen LogP contribution in [0.5, 0.6) is 11.8 Å². The van der Waals surface area contributed by atoms with Crippen molar-refractivity contribution in [3.63, 3.8) is 0 Å². The molecule has 2 aromatic rings. The first-order valence-electron chi connectivity index (χ1n) is 4.73. The minimum absolute atomic E-state index is 0.00629. The summed E-state index contributed by atoms with van der Waals surface area (Å²) in [5, 5.41) is 8.77. The molecule has 17 heavy (non-hydrogen) atoms. The molecular formula is C11H8F2N2O2. The summed E-state index contributed by atoms with van der Waals surface area (Å²) in [5.74, 6) is -1.86. The van der Waals surface area contributed by atoms with Crippen LogP contribution in [0.25, 0.3) is 0 Å². The number of aromatic nitrogens is 2. The summed E-state index contributed by atoms with van der Waals surface area (Å²) in [4.78, 5) is 7.57. The van der Waals surface area contributed by atoms with E-state index in [2.05, 4.69) is 9.97 Å². The number of rotatable bonds is 3. The van der Waals surface area contributed by atoms with Gasteiger partial charge in [-0.25, -0.2) is 18.7 Å². The molecule has 1 heterocycles. The van der Waals surface area contributed by atoms with Crippen LogP contribution in [0.3, 0.4) is 0 Å². The highest BCUT2D eigenvalue weighted by molar-refractivity contribution is 5.26. The molecule has 0 unspecified atom stereocenters. The number of benzene rings is 1. The van der Waals surface area contributed by atoms with E-state index in [0.717, 1.165) is 12.1 Å². The Morgan fingerprint density at radius 2 is 1.82 bits per heavy atom. The van der Waals surface area contributed by atoms with E-state index in [0.29, 0.717) is 5.56 Å². The third-order valence-electron chi connectivity index (χ3n) is 1.96. The van der Waals surface area contributed by atoms with E-state index < -0.39 is 11.6 Å². The van der Waals surface area contributed by atoms with Crippen molar-refractivity contribution in [1.29, 1.82) is 0 Å². The minimum Gasteiger partial charge on any atom is -0.424 e. The first-order chi connectivity index (χ1) is 8.19. The monoisotopic (exact) mass is 238 g/mol. The summed E-state index contributed by atoms with van der Waals surface area (Å²) in [5.41, 5.74) is 0.530. The predicted octanol–water partition coefficient (Wildman–Crippen LogP) is 2.04. The molecule has 0 amide bonds. The highest BCUT2D eigenvalue weighted by Crippen LogP contribution is 2.19. The molecule has 0 radical (unpaired) electrons. The number of aliphatic hydroxyl groups excluding tert-OH is 1. The maximum atomic E-state index is 12.9. The first kappa shape index (κ1) is 11.4. The lowest BCUT2D eigenvalue weighted by atomic mass is 10.3. The van der Waals surface area contributed by atoms with Crippen LogP contribution in [0.4, 0.5) is 8.78 Å². The van der Waals surface area contributed by atoms with Gasteiger partial charge in [-0.05, 0) is 12.1 Å². The van der Waals surface area contributed by atoms with E-state index >= 15 is 0 Å². The molecule has 0 spiro atoms. The van der Waals surface area contributed by atoms with Gasteiger partial charge in [-0.1, -0.05) is 0 Å². The van der Waals surface area contributed by atoms with E-state index in [1.54, 1.807) is 0 Å². The van der Waals surface area contributed by atoms with Gasteiger partial charge in [0.05, 0.1) is 6.61 Å². The van der Waals surface area contributed by atoms with Gasteiger partial charge in [-0.15, -0.1) is 0 Å². The standard InChI is InChI=1S/C11H8F2N2O2/c12-9-2-1-8(3-10(9)13)17-11-14-4-7(6-16)5-15-11/h1-5,16H,6H2. The van der Waals surface area contributed by atoms with Crippen LogP contribution in [-0.4, -0.2) is 15.1 Å². The number of hydrogen-bond donors (Lipinski definition) is 1. The van der Waals surface area contributed by atoms with Crippen LogP contribution in [0.1, 0.15) is 5.56 Å². The topological polar surface area (TPSA) is 55.2 Å². The van der Waals surface area contributed by atoms with Gasteiger partial charge in [0, 0.05) is 24.0 Å². The normalized spacial score (nSPS) is 10.3. The third kappa shape index (κ3) is 2.73. The van der Waals surface area contributed by atoms with E-state index in [1.165, 1.54) is 18.5 Å². The van der Waals surface area contributed by atoms with Crippen LogP contribution >= 0.6 is 0 Å². The van der Waals surface area contributed by atoms with Gasteiger partial charge in [0.2, 0.25) is 0 Å². The number of nitrogens with zero attached hydrogens (tertiary/aromatic N) is 2. The molecule has 0 atom stereocenters. The second kappa shape index (κ2) is 4.84. The van der Waals surface area contributed by atoms with Crippen LogP contribution in [0.15, 0.2) is 30.6 Å². The molecule has 6 heteroatoms. The van der Waals surface area contributed by atoms with Gasteiger partial charge in [0.25, 0.3) is 0 Å². The largest absolute Gasteiger partial charge is 0.424 e. The highest BCUT2D eigenvalue weighted by Gasteiger charge is 2.05. The van der Waals surface area contributed by atoms with E-state index in [1.807, 2.05) is 0 Å². The fourth-order valence-electron chi connectivity index (χ4n) is 1.12. The van der Waals surface area contributed by atoms with Crippen LogP contribution in [0.2, 0.25) is 0 Å². The molecule has 0 aliphatic heterocycles. The van der Waals surface area contributed by atoms with Gasteiger partial charge in [-0.3, -0.25) is 0 Å². The Labute approximate surface area is 95.5 Å². The van der Waals surface area contributed by atoms with Crippen molar-refractivity contribution in [2.75, 3.05) is 0 Å². The lowest BCUT2D eigenvalue weighted by molar-refractivity contribution is 0.280. The number of hydrogen-bond acceptors (Lipinski definition) is 4. The van der Waals surface area contributed by atoms with Gasteiger partial charge in [0.1, 0.15) is 5.75 Å². The zero-order chi connectivity index (χ0) is 12.3. The molecule has 0 bridgehead atoms. The maximum Gasteiger partial charge on any atom is 0.321 e. The Kier molecular flexibility index (Phi) is 3.24. The molecule has 2 rings (SSSR count). The zero-order valence-corrected chi connectivity index (χ0v) is 8.60. The maximum absolute atomic E-state index is 12.9. The SMILES string of the molecule is OCc1cnc(Oc2ccc(F)c(F)c2)nc1. The van der Waals surface area contributed by atoms with Crippen molar-refractivity contribution in [2.45, 2.75) is 6.61 Å². The molecule has 0 aliphatic carbocycles. The summed E-state index contributed by atoms with van der Waals surface area (Å²) in [6, 6.07) is 3.11. The Morgan fingerprint density at radius 1 is 1.12 bits per heavy atom. The molecule has 1 N–H and O–H groups in total. The molecule has 0 saturated heterocycles. The Hall–Kier alpha value is -2.08. The third-order valence-corrected chi connectivity index (χ3v) is 1.96. The van der Waals surface area contributed by atoms with Crippen LogP contribution < -0.4 is 4.74 Å². The van der Waals surface area contributed by atoms with Gasteiger partial charge >= 0.3 is 6.01 Å². The second-order valence-electron chi connectivity index (χ2n) is 3.21. The average molecular weight is 238 g/mol. The van der Waals surface area contributed by atoms with Crippen molar-refractivity contribution < 1.29 is 18.6 Å². The quantitative estimate of drug-likeness (QED) is 0.889. The summed E-state index contributed by atoms with van der Waals surface area (Å²) < 4.78 is 30.6. The molecule has 1 aromatic heterocycles. The number of halogens is 2. The lowest BCUT2D eigenvalue weighted by Gasteiger charge is -2.04. The smallest absolute Gasteiger partial charge is 0.321 e. The van der Waals surface area contributed by atoms with Crippen LogP contribution in [-0.2, 0) is 6.61 Å². The average Bonchev–Trinajstić information content (AvgIpc) is 2.35. The van der Waals surface area contributed by atoms with E-state index in [4.69, 9.17) is 9.84 Å². The Morgan fingerprint density at radius 3 is 2.41 bits per heavy atom. The Bertz CT molecular complexity index is 517. The summed E-state index contributed by atoms with van der Waals surface area (Å²) >= 11 is 0. The molecular weight excluding hydrogens is 230 g/mol. The summed E-state index contributed by atoms with van der Waals surface area (Å²) in [6.07, 6.45) is 2.75. The van der Waals surface area contributed by atoms with Crippen LogP contribution in [0, 0.1) is 11.6 Å². The Balaban J connectivity index is 2.16. The minimum atomic E-state index is -1.01. The van der Waals surface area contributed by atoms with Crippen molar-refractivity contribution >= 4 is 0 Å². The molecule has 88 valence electrons. The summed E-state index contributed by atoms with van der Waals surface area (Å²) in [6.45, 7) is -0.175. The van der Waals surface area contributed by atoms with Gasteiger partial charge in [0.15, 0.2) is 11.6 Å². The molecule has 0 fully saturated rings. The number of aliphatic hydroxyl groups is 1. The molecule has 4 nitrogen and oxygen atoms in total. The second-order valence-corrected chi connectivity index (χ2v) is 3.21. The van der Waals surface area contributed by atoms with Crippen molar-refractivity contribution in [3.05, 3.63) is 47.8 Å². The fourth-order valence-corrected chi connectivity index (χ4v) is 1.12. The lowest BCUT2D eigenvalue weighted by Crippen LogP contribution is -1.94. The van der Waals surface area contributed by atoms with Crippen molar-refractivity contribution in [1.82, 2.24) is 9.97 Å².